The van der Waals surface area contributed by atoms with Crippen LogP contribution >= 0.6 is 11.8 Å². The Morgan fingerprint density at radius 1 is 1.38 bits per heavy atom. The van der Waals surface area contributed by atoms with Gasteiger partial charge < -0.3 is 9.88 Å². The van der Waals surface area contributed by atoms with E-state index in [1.54, 1.807) is 24.0 Å². The highest BCUT2D eigenvalue weighted by Gasteiger charge is 2.23. The van der Waals surface area contributed by atoms with Gasteiger partial charge in [0.1, 0.15) is 0 Å². The molecule has 1 rings (SSSR count). The van der Waals surface area contributed by atoms with Crippen molar-refractivity contribution >= 4 is 21.8 Å². The molecule has 122 valence electrons. The highest BCUT2D eigenvalue weighted by atomic mass is 32.2. The van der Waals surface area contributed by atoms with Crippen LogP contribution in [0.25, 0.3) is 0 Å². The van der Waals surface area contributed by atoms with Crippen LogP contribution in [0.4, 0.5) is 0 Å². The first-order chi connectivity index (χ1) is 9.75. The molecule has 0 saturated carbocycles. The standard InChI is InChI=1S/C14H27N3O2S2/c1-6-7-17-10-13(8-12(17)9-15-4)21(18,19)16-11-14(2,3)20-5/h8,10,15-16H,6-7,9,11H2,1-5H3. The molecule has 0 atom stereocenters. The lowest BCUT2D eigenvalue weighted by Gasteiger charge is -2.21. The predicted molar refractivity (Wildman–Crippen MR) is 90.3 cm³/mol. The monoisotopic (exact) mass is 333 g/mol. The predicted octanol–water partition coefficient (Wildman–Crippen LogP) is 2.04. The Morgan fingerprint density at radius 3 is 2.57 bits per heavy atom. The zero-order chi connectivity index (χ0) is 16.1. The molecule has 0 spiro atoms. The van der Waals surface area contributed by atoms with E-state index in [2.05, 4.69) is 17.0 Å². The second-order valence-electron chi connectivity index (χ2n) is 5.68. The molecule has 0 saturated heterocycles. The van der Waals surface area contributed by atoms with Crippen molar-refractivity contribution in [2.75, 3.05) is 19.8 Å². The van der Waals surface area contributed by atoms with Gasteiger partial charge in [0.15, 0.2) is 0 Å². The van der Waals surface area contributed by atoms with E-state index in [9.17, 15) is 8.42 Å². The molecule has 0 amide bonds. The molecule has 21 heavy (non-hydrogen) atoms. The van der Waals surface area contributed by atoms with Gasteiger partial charge in [-0.25, -0.2) is 13.1 Å². The van der Waals surface area contributed by atoms with Gasteiger partial charge in [-0.05, 0) is 39.6 Å². The molecule has 1 heterocycles. The van der Waals surface area contributed by atoms with Crippen LogP contribution in [-0.2, 0) is 23.1 Å². The van der Waals surface area contributed by atoms with E-state index in [4.69, 9.17) is 0 Å². The Balaban J connectivity index is 2.95. The smallest absolute Gasteiger partial charge is 0.242 e. The van der Waals surface area contributed by atoms with Crippen molar-refractivity contribution in [3.05, 3.63) is 18.0 Å². The lowest BCUT2D eigenvalue weighted by atomic mass is 10.2. The van der Waals surface area contributed by atoms with Gasteiger partial charge in [0.05, 0.1) is 4.90 Å². The molecule has 0 fully saturated rings. The first-order valence-corrected chi connectivity index (χ1v) is 9.85. The Morgan fingerprint density at radius 2 is 2.05 bits per heavy atom. The molecule has 1 aromatic rings. The van der Waals surface area contributed by atoms with Crippen LogP contribution in [0.15, 0.2) is 17.2 Å². The summed E-state index contributed by atoms with van der Waals surface area (Å²) in [6, 6.07) is 1.75. The van der Waals surface area contributed by atoms with Crippen LogP contribution in [-0.4, -0.2) is 37.6 Å². The number of thioether (sulfide) groups is 1. The van der Waals surface area contributed by atoms with Gasteiger partial charge in [0.2, 0.25) is 10.0 Å². The van der Waals surface area contributed by atoms with Crippen LogP contribution in [0, 0.1) is 0 Å². The number of nitrogens with one attached hydrogen (secondary N) is 2. The van der Waals surface area contributed by atoms with E-state index < -0.39 is 10.0 Å². The summed E-state index contributed by atoms with van der Waals surface area (Å²) < 4.78 is 29.4. The lowest BCUT2D eigenvalue weighted by molar-refractivity contribution is 0.570. The van der Waals surface area contributed by atoms with Gasteiger partial charge in [-0.1, -0.05) is 6.92 Å². The number of aryl methyl sites for hydroxylation is 1. The van der Waals surface area contributed by atoms with E-state index in [0.29, 0.717) is 18.0 Å². The van der Waals surface area contributed by atoms with Crippen LogP contribution < -0.4 is 10.0 Å². The van der Waals surface area contributed by atoms with Crippen molar-refractivity contribution in [2.24, 2.45) is 0 Å². The topological polar surface area (TPSA) is 63.1 Å². The van der Waals surface area contributed by atoms with Crippen molar-refractivity contribution in [1.82, 2.24) is 14.6 Å². The van der Waals surface area contributed by atoms with Crippen molar-refractivity contribution in [3.63, 3.8) is 0 Å². The Labute approximate surface area is 132 Å². The molecule has 0 radical (unpaired) electrons. The Kier molecular flexibility index (Phi) is 6.77. The molecule has 5 nitrogen and oxygen atoms in total. The van der Waals surface area contributed by atoms with Crippen LogP contribution in [0.5, 0.6) is 0 Å². The minimum Gasteiger partial charge on any atom is -0.349 e. The third-order valence-corrected chi connectivity index (χ3v) is 5.95. The molecule has 0 aliphatic carbocycles. The van der Waals surface area contributed by atoms with Crippen LogP contribution in [0.3, 0.4) is 0 Å². The van der Waals surface area contributed by atoms with Gasteiger partial charge in [0.25, 0.3) is 0 Å². The lowest BCUT2D eigenvalue weighted by Crippen LogP contribution is -2.35. The van der Waals surface area contributed by atoms with Gasteiger partial charge >= 0.3 is 0 Å². The average molecular weight is 334 g/mol. The highest BCUT2D eigenvalue weighted by molar-refractivity contribution is 8.00. The number of aromatic nitrogens is 1. The molecule has 2 N–H and O–H groups in total. The minimum absolute atomic E-state index is 0.118. The fourth-order valence-corrected chi connectivity index (χ4v) is 3.46. The third kappa shape index (κ3) is 5.32. The fourth-order valence-electron chi connectivity index (χ4n) is 1.87. The van der Waals surface area contributed by atoms with Crippen LogP contribution in [0.1, 0.15) is 32.9 Å². The molecular formula is C14H27N3O2S2. The van der Waals surface area contributed by atoms with E-state index in [-0.39, 0.29) is 4.75 Å². The molecule has 0 unspecified atom stereocenters. The second kappa shape index (κ2) is 7.67. The Hall–Kier alpha value is -0.500. The maximum absolute atomic E-state index is 12.4. The van der Waals surface area contributed by atoms with Gasteiger partial charge in [-0.15, -0.1) is 0 Å². The molecule has 0 aliphatic rings. The Bertz CT molecular complexity index is 527. The molecule has 1 aromatic heterocycles. The molecular weight excluding hydrogens is 306 g/mol. The maximum atomic E-state index is 12.4. The summed E-state index contributed by atoms with van der Waals surface area (Å²) in [6.45, 7) is 8.02. The van der Waals surface area contributed by atoms with Crippen molar-refractivity contribution in [3.8, 4) is 0 Å². The van der Waals surface area contributed by atoms with Crippen LogP contribution in [0.2, 0.25) is 0 Å². The van der Waals surface area contributed by atoms with Crippen molar-refractivity contribution < 1.29 is 8.42 Å². The summed E-state index contributed by atoms with van der Waals surface area (Å²) in [5.74, 6) is 0. The fraction of sp³-hybridized carbons (Fsp3) is 0.714. The number of rotatable bonds is 9. The average Bonchev–Trinajstić information content (AvgIpc) is 2.82. The van der Waals surface area contributed by atoms with E-state index in [1.165, 1.54) is 0 Å². The van der Waals surface area contributed by atoms with E-state index in [1.807, 2.05) is 31.7 Å². The number of hydrogen-bond donors (Lipinski definition) is 2. The molecule has 0 bridgehead atoms. The SMILES string of the molecule is CCCn1cc(S(=O)(=O)NCC(C)(C)SC)cc1CNC. The van der Waals surface area contributed by atoms with E-state index >= 15 is 0 Å². The maximum Gasteiger partial charge on any atom is 0.242 e. The molecule has 0 aliphatic heterocycles. The second-order valence-corrected chi connectivity index (χ2v) is 8.96. The summed E-state index contributed by atoms with van der Waals surface area (Å²) in [4.78, 5) is 0.345. The summed E-state index contributed by atoms with van der Waals surface area (Å²) in [7, 11) is -1.60. The number of sulfonamides is 1. The zero-order valence-corrected chi connectivity index (χ0v) is 15.2. The largest absolute Gasteiger partial charge is 0.349 e. The highest BCUT2D eigenvalue weighted by Crippen LogP contribution is 2.21. The number of hydrogen-bond acceptors (Lipinski definition) is 4. The zero-order valence-electron chi connectivity index (χ0n) is 13.6. The quantitative estimate of drug-likeness (QED) is 0.726. The summed E-state index contributed by atoms with van der Waals surface area (Å²) in [6.07, 6.45) is 4.68. The molecule has 0 aromatic carbocycles. The normalized spacial score (nSPS) is 12.8. The molecule has 7 heteroatoms. The number of nitrogens with zero attached hydrogens (tertiary/aromatic N) is 1. The van der Waals surface area contributed by atoms with Crippen molar-refractivity contribution in [2.45, 2.75) is 49.9 Å². The van der Waals surface area contributed by atoms with E-state index in [0.717, 1.165) is 18.7 Å². The summed E-state index contributed by atoms with van der Waals surface area (Å²) in [5, 5.41) is 3.07. The third-order valence-electron chi connectivity index (χ3n) is 3.33. The van der Waals surface area contributed by atoms with Gasteiger partial charge in [0, 0.05) is 36.3 Å². The summed E-state index contributed by atoms with van der Waals surface area (Å²) in [5.41, 5.74) is 0.990. The first kappa shape index (κ1) is 18.5. The first-order valence-electron chi connectivity index (χ1n) is 7.14. The summed E-state index contributed by atoms with van der Waals surface area (Å²) >= 11 is 1.65. The minimum atomic E-state index is -3.45. The van der Waals surface area contributed by atoms with Crippen molar-refractivity contribution in [1.29, 1.82) is 0 Å². The van der Waals surface area contributed by atoms with Gasteiger partial charge in [-0.3, -0.25) is 0 Å². The van der Waals surface area contributed by atoms with Gasteiger partial charge in [-0.2, -0.15) is 11.8 Å².